The first-order valence-electron chi connectivity index (χ1n) is 10.3. The van der Waals surface area contributed by atoms with Crippen molar-refractivity contribution in [3.8, 4) is 11.5 Å². The summed E-state index contributed by atoms with van der Waals surface area (Å²) in [5.41, 5.74) is 12.2. The van der Waals surface area contributed by atoms with E-state index in [0.717, 1.165) is 37.2 Å². The van der Waals surface area contributed by atoms with Crippen LogP contribution in [0.1, 0.15) is 36.8 Å². The summed E-state index contributed by atoms with van der Waals surface area (Å²) in [6, 6.07) is 14.5. The van der Waals surface area contributed by atoms with Crippen LogP contribution in [0.5, 0.6) is 11.5 Å². The van der Waals surface area contributed by atoms with E-state index in [-0.39, 0.29) is 11.7 Å². The number of ether oxygens (including phenoxy) is 2. The molecule has 0 aliphatic heterocycles. The first-order valence-corrected chi connectivity index (χ1v) is 11.9. The van der Waals surface area contributed by atoms with Crippen molar-refractivity contribution in [1.29, 1.82) is 10.8 Å². The number of nitrogen functional groups attached to an aromatic ring is 2. The van der Waals surface area contributed by atoms with Crippen LogP contribution in [0.2, 0.25) is 0 Å². The van der Waals surface area contributed by atoms with Gasteiger partial charge in [-0.15, -0.1) is 0 Å². The van der Waals surface area contributed by atoms with Gasteiger partial charge in [0.25, 0.3) is 10.1 Å². The van der Waals surface area contributed by atoms with Crippen LogP contribution in [-0.4, -0.2) is 55.3 Å². The molecule has 0 spiro atoms. The Bertz CT molecular complexity index is 900. The minimum absolute atomic E-state index is 0.0635. The molecule has 0 aromatic heterocycles. The van der Waals surface area contributed by atoms with Crippen LogP contribution in [0.4, 0.5) is 0 Å². The van der Waals surface area contributed by atoms with E-state index in [1.807, 2.05) is 24.3 Å². The van der Waals surface area contributed by atoms with Gasteiger partial charge in [0.2, 0.25) is 0 Å². The van der Waals surface area contributed by atoms with Crippen molar-refractivity contribution in [2.75, 3.05) is 25.6 Å². The van der Waals surface area contributed by atoms with E-state index in [9.17, 15) is 8.42 Å². The van der Waals surface area contributed by atoms with Gasteiger partial charge in [0, 0.05) is 11.1 Å². The van der Waals surface area contributed by atoms with Crippen LogP contribution in [-0.2, 0) is 10.1 Å². The van der Waals surface area contributed by atoms with Gasteiger partial charge in [-0.25, -0.2) is 0 Å². The van der Waals surface area contributed by atoms with E-state index in [2.05, 4.69) is 0 Å². The number of aliphatic hydroxyl groups is 1. The molecule has 182 valence electrons. The molecule has 0 fully saturated rings. The summed E-state index contributed by atoms with van der Waals surface area (Å²) in [6.07, 6.45) is 4.14. The van der Waals surface area contributed by atoms with Crippen molar-refractivity contribution in [3.05, 3.63) is 59.7 Å². The molecule has 0 saturated heterocycles. The molecule has 8 N–H and O–H groups in total. The third kappa shape index (κ3) is 13.1. The molecule has 2 aromatic rings. The Morgan fingerprint density at radius 2 is 1.12 bits per heavy atom. The molecule has 10 nitrogen and oxygen atoms in total. The summed E-state index contributed by atoms with van der Waals surface area (Å²) in [5, 5.41) is 22.6. The van der Waals surface area contributed by atoms with Crippen LogP contribution in [0.3, 0.4) is 0 Å². The summed E-state index contributed by atoms with van der Waals surface area (Å²) in [6.45, 7) is 0.818. The van der Waals surface area contributed by atoms with Crippen molar-refractivity contribution < 1.29 is 27.6 Å². The van der Waals surface area contributed by atoms with Gasteiger partial charge in [-0.1, -0.05) is 0 Å². The van der Waals surface area contributed by atoms with Gasteiger partial charge in [-0.05, 0) is 74.2 Å². The smallest absolute Gasteiger partial charge is 0.267 e. The molecule has 0 amide bonds. The summed E-state index contributed by atoms with van der Waals surface area (Å²) < 4.78 is 38.4. The van der Waals surface area contributed by atoms with E-state index < -0.39 is 22.5 Å². The van der Waals surface area contributed by atoms with Crippen molar-refractivity contribution in [3.63, 3.8) is 0 Å². The second-order valence-electron chi connectivity index (χ2n) is 7.00. The molecule has 0 unspecified atom stereocenters. The first kappa shape index (κ1) is 27.9. The molecule has 0 radical (unpaired) electrons. The van der Waals surface area contributed by atoms with E-state index in [0.29, 0.717) is 24.3 Å². The van der Waals surface area contributed by atoms with Crippen LogP contribution >= 0.6 is 0 Å². The maximum Gasteiger partial charge on any atom is 0.267 e. The second kappa shape index (κ2) is 14.8. The molecule has 0 bridgehead atoms. The number of amidine groups is 2. The predicted molar refractivity (Wildman–Crippen MR) is 128 cm³/mol. The topological polar surface area (TPSA) is 193 Å². The molecule has 0 aliphatic rings. The number of rotatable bonds is 13. The van der Waals surface area contributed by atoms with Gasteiger partial charge in [-0.2, -0.15) is 8.42 Å². The van der Waals surface area contributed by atoms with E-state index in [1.54, 1.807) is 24.3 Å². The lowest BCUT2D eigenvalue weighted by molar-refractivity contribution is 0.287. The van der Waals surface area contributed by atoms with Crippen molar-refractivity contribution in [1.82, 2.24) is 0 Å². The number of nitrogens with two attached hydrogens (primary N) is 2. The largest absolute Gasteiger partial charge is 0.494 e. The lowest BCUT2D eigenvalue weighted by Crippen LogP contribution is -2.10. The fourth-order valence-electron chi connectivity index (χ4n) is 2.51. The van der Waals surface area contributed by atoms with Gasteiger partial charge in [0.1, 0.15) is 23.2 Å². The SMILES string of the molecule is N=C(N)c1ccc(OCCCCCCOc2ccc(C(=N)N)cc2)cc1.O=S(=O)(O)CCO. The van der Waals surface area contributed by atoms with E-state index >= 15 is 0 Å². The van der Waals surface area contributed by atoms with Crippen LogP contribution in [0.15, 0.2) is 48.5 Å². The highest BCUT2D eigenvalue weighted by molar-refractivity contribution is 7.85. The molecule has 0 heterocycles. The number of nitrogens with one attached hydrogen (secondary N) is 2. The highest BCUT2D eigenvalue weighted by Crippen LogP contribution is 2.14. The molecule has 0 saturated carbocycles. The molecule has 11 heteroatoms. The fourth-order valence-corrected chi connectivity index (χ4v) is 2.75. The molecule has 33 heavy (non-hydrogen) atoms. The number of benzene rings is 2. The molecule has 0 atom stereocenters. The van der Waals surface area contributed by atoms with E-state index in [4.69, 9.17) is 41.4 Å². The van der Waals surface area contributed by atoms with Gasteiger partial charge < -0.3 is 26.0 Å². The molecular formula is C22H32N4O6S. The van der Waals surface area contributed by atoms with Crippen LogP contribution in [0.25, 0.3) is 0 Å². The van der Waals surface area contributed by atoms with Crippen molar-refractivity contribution >= 4 is 21.8 Å². The zero-order chi connectivity index (χ0) is 24.7. The third-order valence-corrected chi connectivity index (χ3v) is 4.95. The minimum Gasteiger partial charge on any atom is -0.494 e. The van der Waals surface area contributed by atoms with Crippen molar-refractivity contribution in [2.24, 2.45) is 11.5 Å². The van der Waals surface area contributed by atoms with Crippen LogP contribution in [0, 0.1) is 10.8 Å². The van der Waals surface area contributed by atoms with E-state index in [1.165, 1.54) is 0 Å². The number of hydrogen-bond donors (Lipinski definition) is 6. The highest BCUT2D eigenvalue weighted by Gasteiger charge is 2.00. The maximum atomic E-state index is 9.63. The Kier molecular flexibility index (Phi) is 12.5. The van der Waals surface area contributed by atoms with Crippen molar-refractivity contribution in [2.45, 2.75) is 25.7 Å². The highest BCUT2D eigenvalue weighted by atomic mass is 32.2. The number of hydrogen-bond acceptors (Lipinski definition) is 7. The van der Waals surface area contributed by atoms with Gasteiger partial charge in [0.15, 0.2) is 0 Å². The Labute approximate surface area is 194 Å². The maximum absolute atomic E-state index is 9.63. The standard InChI is InChI=1S/C20H26N4O2.C2H6O4S/c21-19(22)15-5-9-17(10-6-15)25-13-3-1-2-4-14-26-18-11-7-16(8-12-18)20(23)24;3-1-2-7(4,5)6/h5-12H,1-4,13-14H2,(H3,21,22)(H3,23,24);3H,1-2H2,(H,4,5,6). The van der Waals surface area contributed by atoms with Gasteiger partial charge >= 0.3 is 0 Å². The molecule has 2 aromatic carbocycles. The predicted octanol–water partition coefficient (Wildman–Crippen LogP) is 2.14. The second-order valence-corrected chi connectivity index (χ2v) is 8.57. The zero-order valence-electron chi connectivity index (χ0n) is 18.4. The summed E-state index contributed by atoms with van der Waals surface area (Å²) in [5.74, 6) is 1.15. The lowest BCUT2D eigenvalue weighted by Gasteiger charge is -2.08. The number of aliphatic hydroxyl groups excluding tert-OH is 1. The third-order valence-electron chi connectivity index (χ3n) is 4.26. The molecular weight excluding hydrogens is 448 g/mol. The summed E-state index contributed by atoms with van der Waals surface area (Å²) >= 11 is 0. The monoisotopic (exact) mass is 480 g/mol. The first-order chi connectivity index (χ1) is 15.6. The Morgan fingerprint density at radius 3 is 1.36 bits per heavy atom. The zero-order valence-corrected chi connectivity index (χ0v) is 19.2. The normalized spacial score (nSPS) is 10.6. The molecule has 2 rings (SSSR count). The van der Waals surface area contributed by atoms with Gasteiger partial charge in [0.05, 0.1) is 25.6 Å². The average molecular weight is 481 g/mol. The minimum atomic E-state index is -3.92. The van der Waals surface area contributed by atoms with Gasteiger partial charge in [-0.3, -0.25) is 15.4 Å². The Balaban J connectivity index is 0.000000675. The summed E-state index contributed by atoms with van der Waals surface area (Å²) in [7, 11) is -3.92. The van der Waals surface area contributed by atoms with Crippen LogP contribution < -0.4 is 20.9 Å². The fraction of sp³-hybridized carbons (Fsp3) is 0.364. The quantitative estimate of drug-likeness (QED) is 0.109. The average Bonchev–Trinajstić information content (AvgIpc) is 2.76. The lowest BCUT2D eigenvalue weighted by atomic mass is 10.2. The Hall–Kier alpha value is -3.15. The summed E-state index contributed by atoms with van der Waals surface area (Å²) in [4.78, 5) is 0. The molecule has 0 aliphatic carbocycles. The Morgan fingerprint density at radius 1 is 0.758 bits per heavy atom. The number of unbranched alkanes of at least 4 members (excludes halogenated alkanes) is 3.